The van der Waals surface area contributed by atoms with Crippen LogP contribution in [0.5, 0.6) is 0 Å². The van der Waals surface area contributed by atoms with E-state index in [1.165, 1.54) is 0 Å². The number of aryl methyl sites for hydroxylation is 1. The number of carbonyl (C=O) groups excluding carboxylic acids is 1. The standard InChI is InChI=1S/C13H17NO3/c1-9(15)8-14-17-12-7-6-10-4-2-3-5-11(10)13(12)16/h2-5,9,12,14-15H,6-8H2,1H3. The molecule has 0 aromatic heterocycles. The number of hydrogen-bond acceptors (Lipinski definition) is 4. The summed E-state index contributed by atoms with van der Waals surface area (Å²) >= 11 is 0. The molecule has 1 aliphatic carbocycles. The molecule has 0 saturated carbocycles. The van der Waals surface area contributed by atoms with Crippen LogP contribution in [0.2, 0.25) is 0 Å². The molecule has 4 nitrogen and oxygen atoms in total. The first kappa shape index (κ1) is 12.2. The van der Waals surface area contributed by atoms with Crippen molar-refractivity contribution in [2.45, 2.75) is 32.0 Å². The van der Waals surface area contributed by atoms with Gasteiger partial charge in [0.05, 0.1) is 6.10 Å². The van der Waals surface area contributed by atoms with Gasteiger partial charge in [-0.05, 0) is 25.3 Å². The summed E-state index contributed by atoms with van der Waals surface area (Å²) in [4.78, 5) is 17.4. The highest BCUT2D eigenvalue weighted by molar-refractivity contribution is 6.01. The smallest absolute Gasteiger partial charge is 0.193 e. The summed E-state index contributed by atoms with van der Waals surface area (Å²) in [6, 6.07) is 7.62. The topological polar surface area (TPSA) is 58.6 Å². The Morgan fingerprint density at radius 1 is 1.53 bits per heavy atom. The molecule has 0 spiro atoms. The van der Waals surface area contributed by atoms with Gasteiger partial charge in [0.2, 0.25) is 0 Å². The number of hydrogen-bond donors (Lipinski definition) is 2. The molecule has 92 valence electrons. The van der Waals surface area contributed by atoms with Crippen LogP contribution in [0.1, 0.15) is 29.3 Å². The van der Waals surface area contributed by atoms with Gasteiger partial charge in [-0.3, -0.25) is 9.63 Å². The van der Waals surface area contributed by atoms with E-state index in [1.807, 2.05) is 24.3 Å². The number of benzene rings is 1. The maximum atomic E-state index is 12.1. The first-order valence-corrected chi connectivity index (χ1v) is 5.87. The van der Waals surface area contributed by atoms with Gasteiger partial charge in [0.25, 0.3) is 0 Å². The first-order chi connectivity index (χ1) is 8.18. The number of rotatable bonds is 4. The molecule has 1 aromatic carbocycles. The summed E-state index contributed by atoms with van der Waals surface area (Å²) in [5, 5.41) is 9.08. The summed E-state index contributed by atoms with van der Waals surface area (Å²) in [6.07, 6.45) is 0.607. The van der Waals surface area contributed by atoms with Gasteiger partial charge in [-0.15, -0.1) is 0 Å². The lowest BCUT2D eigenvalue weighted by Gasteiger charge is -2.23. The van der Waals surface area contributed by atoms with Gasteiger partial charge in [-0.1, -0.05) is 24.3 Å². The summed E-state index contributed by atoms with van der Waals surface area (Å²) in [5.74, 6) is 0.0185. The Hall–Kier alpha value is -1.23. The van der Waals surface area contributed by atoms with Crippen LogP contribution in [-0.2, 0) is 11.3 Å². The van der Waals surface area contributed by atoms with E-state index in [-0.39, 0.29) is 5.78 Å². The van der Waals surface area contributed by atoms with Crippen LogP contribution in [0.15, 0.2) is 24.3 Å². The van der Waals surface area contributed by atoms with Crippen molar-refractivity contribution < 1.29 is 14.7 Å². The highest BCUT2D eigenvalue weighted by atomic mass is 16.7. The number of nitrogens with one attached hydrogen (secondary N) is 1. The lowest BCUT2D eigenvalue weighted by molar-refractivity contribution is -0.0308. The van der Waals surface area contributed by atoms with Gasteiger partial charge in [-0.2, -0.15) is 5.48 Å². The Balaban J connectivity index is 1.98. The predicted octanol–water partition coefficient (Wildman–Crippen LogP) is 1.09. The largest absolute Gasteiger partial charge is 0.392 e. The van der Waals surface area contributed by atoms with Crippen molar-refractivity contribution in [1.29, 1.82) is 0 Å². The molecule has 4 heteroatoms. The lowest BCUT2D eigenvalue weighted by atomic mass is 9.89. The maximum absolute atomic E-state index is 12.1. The molecule has 17 heavy (non-hydrogen) atoms. The Bertz CT molecular complexity index is 403. The van der Waals surface area contributed by atoms with E-state index in [2.05, 4.69) is 5.48 Å². The van der Waals surface area contributed by atoms with Crippen molar-refractivity contribution in [3.05, 3.63) is 35.4 Å². The summed E-state index contributed by atoms with van der Waals surface area (Å²) in [5.41, 5.74) is 4.49. The van der Waals surface area contributed by atoms with Gasteiger partial charge in [0.1, 0.15) is 6.10 Å². The van der Waals surface area contributed by atoms with Crippen molar-refractivity contribution >= 4 is 5.78 Å². The molecule has 0 bridgehead atoms. The molecule has 0 amide bonds. The Morgan fingerprint density at radius 2 is 2.29 bits per heavy atom. The second kappa shape index (κ2) is 5.40. The molecule has 0 saturated heterocycles. The SMILES string of the molecule is CC(O)CNOC1CCc2ccccc2C1=O. The van der Waals surface area contributed by atoms with Crippen LogP contribution < -0.4 is 5.48 Å². The summed E-state index contributed by atoms with van der Waals surface area (Å²) < 4.78 is 0. The van der Waals surface area contributed by atoms with E-state index in [0.717, 1.165) is 17.5 Å². The number of aliphatic hydroxyl groups excluding tert-OH is 1. The molecular weight excluding hydrogens is 218 g/mol. The molecule has 0 fully saturated rings. The Labute approximate surface area is 101 Å². The van der Waals surface area contributed by atoms with Crippen molar-refractivity contribution in [3.8, 4) is 0 Å². The fourth-order valence-electron chi connectivity index (χ4n) is 1.95. The zero-order valence-corrected chi connectivity index (χ0v) is 9.85. The molecule has 2 atom stereocenters. The minimum Gasteiger partial charge on any atom is -0.392 e. The van der Waals surface area contributed by atoms with Crippen LogP contribution >= 0.6 is 0 Å². The van der Waals surface area contributed by atoms with Gasteiger partial charge < -0.3 is 5.11 Å². The van der Waals surface area contributed by atoms with Crippen molar-refractivity contribution in [1.82, 2.24) is 5.48 Å². The maximum Gasteiger partial charge on any atom is 0.193 e. The zero-order valence-electron chi connectivity index (χ0n) is 9.85. The lowest BCUT2D eigenvalue weighted by Crippen LogP contribution is -2.37. The van der Waals surface area contributed by atoms with E-state index < -0.39 is 12.2 Å². The van der Waals surface area contributed by atoms with Crippen LogP contribution in [0.4, 0.5) is 0 Å². The van der Waals surface area contributed by atoms with Crippen molar-refractivity contribution in [2.75, 3.05) is 6.54 Å². The third-order valence-corrected chi connectivity index (χ3v) is 2.86. The average molecular weight is 235 g/mol. The summed E-state index contributed by atoms with van der Waals surface area (Å²) in [6.45, 7) is 1.99. The molecule has 2 rings (SSSR count). The monoisotopic (exact) mass is 235 g/mol. The van der Waals surface area contributed by atoms with Gasteiger partial charge >= 0.3 is 0 Å². The number of hydroxylamine groups is 1. The van der Waals surface area contributed by atoms with Crippen LogP contribution in [0.3, 0.4) is 0 Å². The molecule has 1 aliphatic rings. The van der Waals surface area contributed by atoms with Crippen LogP contribution in [0.25, 0.3) is 0 Å². The fourth-order valence-corrected chi connectivity index (χ4v) is 1.95. The van der Waals surface area contributed by atoms with Crippen LogP contribution in [0, 0.1) is 0 Å². The minimum absolute atomic E-state index is 0.0185. The molecule has 0 radical (unpaired) electrons. The predicted molar refractivity (Wildman–Crippen MR) is 63.7 cm³/mol. The highest BCUT2D eigenvalue weighted by Gasteiger charge is 2.27. The normalized spacial score (nSPS) is 21.1. The molecule has 0 aliphatic heterocycles. The fraction of sp³-hybridized carbons (Fsp3) is 0.462. The van der Waals surface area contributed by atoms with E-state index in [0.29, 0.717) is 13.0 Å². The second-order valence-electron chi connectivity index (χ2n) is 4.36. The average Bonchev–Trinajstić information content (AvgIpc) is 2.32. The van der Waals surface area contributed by atoms with E-state index in [9.17, 15) is 4.79 Å². The second-order valence-corrected chi connectivity index (χ2v) is 4.36. The van der Waals surface area contributed by atoms with Crippen LogP contribution in [-0.4, -0.2) is 29.6 Å². The number of carbonyl (C=O) groups is 1. The summed E-state index contributed by atoms with van der Waals surface area (Å²) in [7, 11) is 0. The molecular formula is C13H17NO3. The third-order valence-electron chi connectivity index (χ3n) is 2.86. The van der Waals surface area contributed by atoms with Crippen molar-refractivity contribution in [3.63, 3.8) is 0 Å². The number of Topliss-reactive ketones (excluding diaryl/α,β-unsaturated/α-hetero) is 1. The molecule has 2 unspecified atom stereocenters. The molecule has 2 N–H and O–H groups in total. The van der Waals surface area contributed by atoms with Gasteiger partial charge in [0, 0.05) is 12.1 Å². The quantitative estimate of drug-likeness (QED) is 0.767. The van der Waals surface area contributed by atoms with E-state index in [4.69, 9.17) is 9.94 Å². The van der Waals surface area contributed by atoms with Crippen molar-refractivity contribution in [2.24, 2.45) is 0 Å². The highest BCUT2D eigenvalue weighted by Crippen LogP contribution is 2.22. The Kier molecular flexibility index (Phi) is 3.89. The van der Waals surface area contributed by atoms with Gasteiger partial charge in [-0.25, -0.2) is 0 Å². The third kappa shape index (κ3) is 2.91. The zero-order chi connectivity index (χ0) is 12.3. The number of aliphatic hydroxyl groups is 1. The number of fused-ring (bicyclic) bond motifs is 1. The van der Waals surface area contributed by atoms with E-state index >= 15 is 0 Å². The first-order valence-electron chi connectivity index (χ1n) is 5.87. The number of ketones is 1. The molecule has 0 heterocycles. The van der Waals surface area contributed by atoms with Gasteiger partial charge in [0.15, 0.2) is 5.78 Å². The van der Waals surface area contributed by atoms with E-state index in [1.54, 1.807) is 6.92 Å². The Morgan fingerprint density at radius 3 is 3.06 bits per heavy atom. The minimum atomic E-state index is -0.485. The molecule has 1 aromatic rings.